The molecular weight excluding hydrogens is 264 g/mol. The lowest BCUT2D eigenvalue weighted by Gasteiger charge is -2.15. The summed E-state index contributed by atoms with van der Waals surface area (Å²) < 4.78 is 25.8. The summed E-state index contributed by atoms with van der Waals surface area (Å²) in [6, 6.07) is 7.42. The van der Waals surface area contributed by atoms with Gasteiger partial charge in [-0.25, -0.2) is 13.1 Å². The fraction of sp³-hybridized carbons (Fsp3) is 0.538. The molecule has 1 aromatic carbocycles. The molecule has 0 amide bonds. The predicted molar refractivity (Wildman–Crippen MR) is 75.7 cm³/mol. The molecule has 0 aliphatic heterocycles. The molecule has 1 aliphatic rings. The van der Waals surface area contributed by atoms with Crippen molar-refractivity contribution < 1.29 is 13.5 Å². The lowest BCUT2D eigenvalue weighted by Crippen LogP contribution is -2.31. The fourth-order valence-corrected chi connectivity index (χ4v) is 3.19. The van der Waals surface area contributed by atoms with E-state index in [4.69, 9.17) is 0 Å². The maximum atomic E-state index is 11.6. The van der Waals surface area contributed by atoms with E-state index >= 15 is 0 Å². The highest BCUT2D eigenvalue weighted by molar-refractivity contribution is 7.90. The molecule has 0 radical (unpaired) electrons. The number of aliphatic hydroxyl groups excluding tert-OH is 1. The molecule has 19 heavy (non-hydrogen) atoms. The summed E-state index contributed by atoms with van der Waals surface area (Å²) >= 11 is 0. The second kappa shape index (κ2) is 5.48. The summed E-state index contributed by atoms with van der Waals surface area (Å²) in [5.74, 6) is 0. The van der Waals surface area contributed by atoms with Crippen LogP contribution in [0.1, 0.15) is 24.5 Å². The van der Waals surface area contributed by atoms with E-state index in [1.54, 1.807) is 0 Å². The Morgan fingerprint density at radius 1 is 1.32 bits per heavy atom. The van der Waals surface area contributed by atoms with E-state index < -0.39 is 16.1 Å². The molecule has 0 unspecified atom stereocenters. The predicted octanol–water partition coefficient (Wildman–Crippen LogP) is 0.868. The zero-order chi connectivity index (χ0) is 14.0. The van der Waals surface area contributed by atoms with Crippen LogP contribution in [0.2, 0.25) is 0 Å². The van der Waals surface area contributed by atoms with Crippen LogP contribution in [0.25, 0.3) is 0 Å². The van der Waals surface area contributed by atoms with Crippen molar-refractivity contribution in [3.05, 3.63) is 29.8 Å². The van der Waals surface area contributed by atoms with Gasteiger partial charge >= 0.3 is 0 Å². The summed E-state index contributed by atoms with van der Waals surface area (Å²) in [5, 5.41) is 9.72. The second-order valence-electron chi connectivity index (χ2n) is 5.09. The molecule has 2 N–H and O–H groups in total. The molecule has 1 aliphatic carbocycles. The van der Waals surface area contributed by atoms with E-state index in [0.29, 0.717) is 5.56 Å². The molecule has 106 valence electrons. The van der Waals surface area contributed by atoms with Gasteiger partial charge in [0.25, 0.3) is 0 Å². The van der Waals surface area contributed by atoms with E-state index in [9.17, 15) is 13.5 Å². The van der Waals surface area contributed by atoms with Gasteiger partial charge in [0, 0.05) is 26.3 Å². The van der Waals surface area contributed by atoms with E-state index in [1.165, 1.54) is 0 Å². The van der Waals surface area contributed by atoms with Crippen LogP contribution < -0.4 is 9.62 Å². The summed E-state index contributed by atoms with van der Waals surface area (Å²) in [6.07, 6.45) is 0.635. The van der Waals surface area contributed by atoms with Crippen molar-refractivity contribution in [3.63, 3.8) is 0 Å². The minimum Gasteiger partial charge on any atom is -0.387 e. The van der Waals surface area contributed by atoms with Gasteiger partial charge in [-0.3, -0.25) is 0 Å². The number of rotatable bonds is 6. The molecule has 1 saturated carbocycles. The molecule has 0 spiro atoms. The average Bonchev–Trinajstić information content (AvgIpc) is 3.20. The maximum absolute atomic E-state index is 11.6. The van der Waals surface area contributed by atoms with Gasteiger partial charge < -0.3 is 10.0 Å². The molecule has 6 heteroatoms. The van der Waals surface area contributed by atoms with Crippen molar-refractivity contribution in [1.82, 2.24) is 4.72 Å². The zero-order valence-corrected chi connectivity index (χ0v) is 12.0. The van der Waals surface area contributed by atoms with Crippen LogP contribution in [0.4, 0.5) is 5.69 Å². The molecule has 0 saturated heterocycles. The third kappa shape index (κ3) is 3.68. The maximum Gasteiger partial charge on any atom is 0.214 e. The summed E-state index contributed by atoms with van der Waals surface area (Å²) in [7, 11) is 0.649. The molecule has 1 aromatic rings. The van der Waals surface area contributed by atoms with Crippen LogP contribution in [0.15, 0.2) is 24.3 Å². The van der Waals surface area contributed by atoms with E-state index in [2.05, 4.69) is 4.72 Å². The molecule has 1 atom stereocenters. The van der Waals surface area contributed by atoms with E-state index in [1.807, 2.05) is 43.3 Å². The van der Waals surface area contributed by atoms with Crippen LogP contribution in [0, 0.1) is 0 Å². The van der Waals surface area contributed by atoms with E-state index in [0.717, 1.165) is 18.5 Å². The van der Waals surface area contributed by atoms with Gasteiger partial charge in [-0.05, 0) is 30.5 Å². The molecule has 1 fully saturated rings. The molecule has 5 nitrogen and oxygen atoms in total. The third-order valence-electron chi connectivity index (χ3n) is 3.24. The quantitative estimate of drug-likeness (QED) is 0.813. The number of sulfonamides is 1. The molecule has 0 bridgehead atoms. The van der Waals surface area contributed by atoms with Crippen molar-refractivity contribution in [3.8, 4) is 0 Å². The molecular formula is C13H20N2O3S. The van der Waals surface area contributed by atoms with Gasteiger partial charge in [-0.1, -0.05) is 12.1 Å². The smallest absolute Gasteiger partial charge is 0.214 e. The Labute approximate surface area is 114 Å². The summed E-state index contributed by atoms with van der Waals surface area (Å²) in [5.41, 5.74) is 1.75. The number of nitrogens with zero attached hydrogens (tertiary/aromatic N) is 1. The number of aliphatic hydroxyl groups is 1. The van der Waals surface area contributed by atoms with Crippen molar-refractivity contribution in [1.29, 1.82) is 0 Å². The van der Waals surface area contributed by atoms with Crippen molar-refractivity contribution in [2.45, 2.75) is 24.2 Å². The van der Waals surface area contributed by atoms with Gasteiger partial charge in [-0.2, -0.15) is 0 Å². The summed E-state index contributed by atoms with van der Waals surface area (Å²) in [4.78, 5) is 1.96. The van der Waals surface area contributed by atoms with Crippen molar-refractivity contribution >= 4 is 15.7 Å². The summed E-state index contributed by atoms with van der Waals surface area (Å²) in [6.45, 7) is 0.0279. The van der Waals surface area contributed by atoms with Crippen LogP contribution in [0.5, 0.6) is 0 Å². The van der Waals surface area contributed by atoms with Crippen LogP contribution in [-0.4, -0.2) is 39.4 Å². The Morgan fingerprint density at radius 2 is 1.89 bits per heavy atom. The lowest BCUT2D eigenvalue weighted by molar-refractivity contribution is 0.182. The Morgan fingerprint density at radius 3 is 2.37 bits per heavy atom. The Hall–Kier alpha value is -1.11. The normalized spacial score (nSPS) is 17.2. The van der Waals surface area contributed by atoms with Gasteiger partial charge in [0.15, 0.2) is 0 Å². The number of anilines is 1. The van der Waals surface area contributed by atoms with Gasteiger partial charge in [0.05, 0.1) is 11.4 Å². The van der Waals surface area contributed by atoms with Gasteiger partial charge in [0.2, 0.25) is 10.0 Å². The number of hydrogen-bond acceptors (Lipinski definition) is 4. The molecule has 2 rings (SSSR count). The highest BCUT2D eigenvalue weighted by Gasteiger charge is 2.35. The molecule has 0 heterocycles. The number of hydrogen-bond donors (Lipinski definition) is 2. The van der Waals surface area contributed by atoms with Crippen LogP contribution >= 0.6 is 0 Å². The van der Waals surface area contributed by atoms with Crippen LogP contribution in [0.3, 0.4) is 0 Å². The second-order valence-corrected chi connectivity index (χ2v) is 7.14. The SMILES string of the molecule is CN(C)c1ccc([C@H](O)CNS(=O)(=O)C2CC2)cc1. The molecule has 0 aromatic heterocycles. The topological polar surface area (TPSA) is 69.6 Å². The van der Waals surface area contributed by atoms with Gasteiger partial charge in [0.1, 0.15) is 0 Å². The fourth-order valence-electron chi connectivity index (χ4n) is 1.80. The first kappa shape index (κ1) is 14.3. The zero-order valence-electron chi connectivity index (χ0n) is 11.2. The van der Waals surface area contributed by atoms with Crippen molar-refractivity contribution in [2.24, 2.45) is 0 Å². The number of benzene rings is 1. The van der Waals surface area contributed by atoms with Gasteiger partial charge in [-0.15, -0.1) is 0 Å². The minimum atomic E-state index is -3.23. The third-order valence-corrected chi connectivity index (χ3v) is 5.15. The van der Waals surface area contributed by atoms with Crippen LogP contribution in [-0.2, 0) is 10.0 Å². The van der Waals surface area contributed by atoms with Crippen molar-refractivity contribution in [2.75, 3.05) is 25.5 Å². The Kier molecular flexibility index (Phi) is 4.13. The average molecular weight is 284 g/mol. The standard InChI is InChI=1S/C13H20N2O3S/c1-15(2)11-5-3-10(4-6-11)13(16)9-14-19(17,18)12-7-8-12/h3-6,12-14,16H,7-9H2,1-2H3/t13-/m1/s1. The first-order valence-corrected chi connectivity index (χ1v) is 7.88. The van der Waals surface area contributed by atoms with E-state index in [-0.39, 0.29) is 11.8 Å². The Bertz CT molecular complexity index is 521. The Balaban J connectivity index is 1.94. The lowest BCUT2D eigenvalue weighted by atomic mass is 10.1. The number of nitrogens with one attached hydrogen (secondary N) is 1. The highest BCUT2D eigenvalue weighted by atomic mass is 32.2. The first-order valence-electron chi connectivity index (χ1n) is 6.34. The first-order chi connectivity index (χ1) is 8.90. The largest absolute Gasteiger partial charge is 0.387 e. The highest BCUT2D eigenvalue weighted by Crippen LogP contribution is 2.27. The monoisotopic (exact) mass is 284 g/mol. The minimum absolute atomic E-state index is 0.0279.